The zero-order valence-corrected chi connectivity index (χ0v) is 20.5. The smallest absolute Gasteiger partial charge is 0.303 e. The van der Waals surface area contributed by atoms with E-state index < -0.39 is 5.97 Å². The first-order valence-corrected chi connectivity index (χ1v) is 12.2. The molecule has 1 aromatic carbocycles. The highest BCUT2D eigenvalue weighted by Gasteiger charge is 2.31. The molecule has 1 aromatic rings. The Labute approximate surface area is 194 Å². The molecule has 0 unspecified atom stereocenters. The van der Waals surface area contributed by atoms with Gasteiger partial charge in [-0.2, -0.15) is 0 Å². The average molecular weight is 546 g/mol. The highest BCUT2D eigenvalue weighted by atomic mass is 79.9. The van der Waals surface area contributed by atoms with E-state index in [2.05, 4.69) is 36.8 Å². The molecule has 1 saturated heterocycles. The highest BCUT2D eigenvalue weighted by Crippen LogP contribution is 2.34. The Balaban J connectivity index is 1.46. The largest absolute Gasteiger partial charge is 0.506 e. The first-order valence-electron chi connectivity index (χ1n) is 10.7. The summed E-state index contributed by atoms with van der Waals surface area (Å²) in [5.41, 5.74) is 1.00. The number of piperazine rings is 1. The summed E-state index contributed by atoms with van der Waals surface area (Å²) < 4.78 is 1.25. The lowest BCUT2D eigenvalue weighted by Gasteiger charge is -2.42. The van der Waals surface area contributed by atoms with E-state index in [9.17, 15) is 14.7 Å². The molecule has 3 rings (SSSR count). The first kappa shape index (κ1) is 23.5. The van der Waals surface area contributed by atoms with Crippen LogP contribution in [0, 0.1) is 11.8 Å². The number of aliphatic carboxylic acids is 1. The number of aromatic hydroxyl groups is 1. The summed E-state index contributed by atoms with van der Waals surface area (Å²) in [6.07, 6.45) is 5.03. The van der Waals surface area contributed by atoms with E-state index in [1.807, 2.05) is 24.0 Å². The molecular weight excluding hydrogens is 516 g/mol. The van der Waals surface area contributed by atoms with Crippen molar-refractivity contribution in [1.82, 2.24) is 9.80 Å². The van der Waals surface area contributed by atoms with E-state index in [1.165, 1.54) is 0 Å². The maximum Gasteiger partial charge on any atom is 0.303 e. The van der Waals surface area contributed by atoms with Gasteiger partial charge in [0, 0.05) is 44.6 Å². The molecule has 0 radical (unpaired) electrons. The Hall–Kier alpha value is -1.12. The van der Waals surface area contributed by atoms with Crippen LogP contribution < -0.4 is 0 Å². The zero-order valence-electron chi connectivity index (χ0n) is 17.3. The van der Waals surface area contributed by atoms with E-state index >= 15 is 0 Å². The van der Waals surface area contributed by atoms with Gasteiger partial charge in [0.15, 0.2) is 0 Å². The molecule has 1 aliphatic heterocycles. The molecule has 0 aromatic heterocycles. The lowest BCUT2D eigenvalue weighted by Crippen LogP contribution is -2.53. The van der Waals surface area contributed by atoms with E-state index in [0.717, 1.165) is 57.4 Å². The van der Waals surface area contributed by atoms with Crippen LogP contribution in [-0.4, -0.2) is 64.1 Å². The molecule has 30 heavy (non-hydrogen) atoms. The lowest BCUT2D eigenvalue weighted by atomic mass is 9.83. The van der Waals surface area contributed by atoms with Gasteiger partial charge in [-0.3, -0.25) is 14.5 Å². The normalized spacial score (nSPS) is 23.9. The number of carbonyl (C=O) groups is 2. The molecular formula is C22H30Br2N2O4. The van der Waals surface area contributed by atoms with Gasteiger partial charge in [0.1, 0.15) is 5.75 Å². The lowest BCUT2D eigenvalue weighted by molar-refractivity contribution is -0.138. The number of hydrogen-bond acceptors (Lipinski definition) is 4. The predicted molar refractivity (Wildman–Crippen MR) is 123 cm³/mol. The van der Waals surface area contributed by atoms with Crippen molar-refractivity contribution in [2.24, 2.45) is 11.8 Å². The predicted octanol–water partition coefficient (Wildman–Crippen LogP) is 4.27. The molecule has 2 fully saturated rings. The van der Waals surface area contributed by atoms with E-state index in [-0.39, 0.29) is 17.6 Å². The number of carbonyl (C=O) groups excluding carboxylic acids is 1. The van der Waals surface area contributed by atoms with E-state index in [0.29, 0.717) is 33.7 Å². The average Bonchev–Trinajstić information content (AvgIpc) is 2.71. The van der Waals surface area contributed by atoms with Gasteiger partial charge in [-0.05, 0) is 87.6 Å². The number of amides is 1. The molecule has 8 heteroatoms. The minimum absolute atomic E-state index is 0.119. The van der Waals surface area contributed by atoms with Gasteiger partial charge in [-0.15, -0.1) is 0 Å². The molecule has 2 aliphatic rings. The number of rotatable bonds is 6. The Bertz CT molecular complexity index is 749. The Morgan fingerprint density at radius 1 is 1.07 bits per heavy atom. The molecule has 0 bridgehead atoms. The van der Waals surface area contributed by atoms with Crippen molar-refractivity contribution in [2.75, 3.05) is 26.2 Å². The summed E-state index contributed by atoms with van der Waals surface area (Å²) in [5, 5.41) is 18.8. The second-order valence-electron chi connectivity index (χ2n) is 8.65. The molecule has 1 aliphatic carbocycles. The molecule has 1 heterocycles. The Kier molecular flexibility index (Phi) is 8.21. The van der Waals surface area contributed by atoms with Gasteiger partial charge in [0.2, 0.25) is 5.91 Å². The summed E-state index contributed by atoms with van der Waals surface area (Å²) in [4.78, 5) is 28.3. The quantitative estimate of drug-likeness (QED) is 0.558. The highest BCUT2D eigenvalue weighted by molar-refractivity contribution is 9.11. The van der Waals surface area contributed by atoms with Gasteiger partial charge in [0.25, 0.3) is 0 Å². The number of nitrogens with zero attached hydrogens (tertiary/aromatic N) is 2. The molecule has 1 amide bonds. The maximum absolute atomic E-state index is 12.9. The van der Waals surface area contributed by atoms with Crippen molar-refractivity contribution in [3.63, 3.8) is 0 Å². The minimum atomic E-state index is -0.688. The molecule has 1 saturated carbocycles. The summed E-state index contributed by atoms with van der Waals surface area (Å²) in [7, 11) is 0. The van der Waals surface area contributed by atoms with Crippen molar-refractivity contribution in [1.29, 1.82) is 0 Å². The number of benzene rings is 1. The molecule has 1 atom stereocenters. The van der Waals surface area contributed by atoms with Gasteiger partial charge in [0.05, 0.1) is 8.95 Å². The molecule has 6 nitrogen and oxygen atoms in total. The zero-order chi connectivity index (χ0) is 21.8. The number of phenols is 1. The van der Waals surface area contributed by atoms with E-state index in [1.54, 1.807) is 0 Å². The van der Waals surface area contributed by atoms with Crippen LogP contribution in [0.5, 0.6) is 5.75 Å². The van der Waals surface area contributed by atoms with Crippen LogP contribution in [0.1, 0.15) is 44.6 Å². The number of carboxylic acids is 1. The fraction of sp³-hybridized carbons (Fsp3) is 0.636. The van der Waals surface area contributed by atoms with Crippen LogP contribution in [0.2, 0.25) is 0 Å². The molecule has 0 spiro atoms. The monoisotopic (exact) mass is 544 g/mol. The van der Waals surface area contributed by atoms with Crippen LogP contribution in [0.3, 0.4) is 0 Å². The van der Waals surface area contributed by atoms with Crippen LogP contribution in [0.15, 0.2) is 21.1 Å². The Morgan fingerprint density at radius 3 is 2.17 bits per heavy atom. The van der Waals surface area contributed by atoms with Crippen LogP contribution in [0.4, 0.5) is 0 Å². The van der Waals surface area contributed by atoms with Crippen molar-refractivity contribution in [3.8, 4) is 5.75 Å². The summed E-state index contributed by atoms with van der Waals surface area (Å²) in [6, 6.07) is 4.25. The fourth-order valence-electron chi connectivity index (χ4n) is 4.76. The van der Waals surface area contributed by atoms with Crippen molar-refractivity contribution < 1.29 is 19.8 Å². The first-order chi connectivity index (χ1) is 14.2. The number of phenolic OH excluding ortho intramolecular Hbond substituents is 1. The molecule has 166 valence electrons. The maximum atomic E-state index is 12.9. The molecule has 2 N–H and O–H groups in total. The second-order valence-corrected chi connectivity index (χ2v) is 10.4. The van der Waals surface area contributed by atoms with Gasteiger partial charge in [-0.25, -0.2) is 0 Å². The van der Waals surface area contributed by atoms with Crippen molar-refractivity contribution in [3.05, 3.63) is 26.6 Å². The standard InChI is InChI=1S/C22H30Br2N2O4/c1-14(10-16-11-18(23)21(29)19(24)12-16)22(30)26-8-6-25(7-9-26)17-4-2-15(3-5-17)13-20(27)28/h11-12,14-15,17,29H,2-10,13H2,1H3,(H,27,28)/t14-,15?,17?/m1/s1. The van der Waals surface area contributed by atoms with E-state index in [4.69, 9.17) is 5.11 Å². The van der Waals surface area contributed by atoms with Crippen molar-refractivity contribution >= 4 is 43.7 Å². The van der Waals surface area contributed by atoms with Gasteiger partial charge >= 0.3 is 5.97 Å². The van der Waals surface area contributed by atoms with Crippen molar-refractivity contribution in [2.45, 2.75) is 51.5 Å². The minimum Gasteiger partial charge on any atom is -0.506 e. The second kappa shape index (κ2) is 10.5. The SMILES string of the molecule is C[C@H](Cc1cc(Br)c(O)c(Br)c1)C(=O)N1CCN(C2CCC(CC(=O)O)CC2)CC1. The summed E-state index contributed by atoms with van der Waals surface area (Å²) in [5.74, 6) is -0.133. The van der Waals surface area contributed by atoms with Crippen LogP contribution >= 0.6 is 31.9 Å². The topological polar surface area (TPSA) is 81.1 Å². The Morgan fingerprint density at radius 2 is 1.63 bits per heavy atom. The summed E-state index contributed by atoms with van der Waals surface area (Å²) in [6.45, 7) is 5.25. The number of hydrogen-bond donors (Lipinski definition) is 2. The van der Waals surface area contributed by atoms with Gasteiger partial charge in [-0.1, -0.05) is 6.92 Å². The third-order valence-electron chi connectivity index (χ3n) is 6.46. The van der Waals surface area contributed by atoms with Gasteiger partial charge < -0.3 is 15.1 Å². The third-order valence-corrected chi connectivity index (χ3v) is 7.67. The number of halogens is 2. The third kappa shape index (κ3) is 5.98. The fourth-order valence-corrected chi connectivity index (χ4v) is 6.04. The summed E-state index contributed by atoms with van der Waals surface area (Å²) >= 11 is 6.70. The number of carboxylic acid groups (broad SMARTS) is 1. The van der Waals surface area contributed by atoms with Crippen LogP contribution in [-0.2, 0) is 16.0 Å². The van der Waals surface area contributed by atoms with Crippen LogP contribution in [0.25, 0.3) is 0 Å².